The van der Waals surface area contributed by atoms with Gasteiger partial charge >= 0.3 is 0 Å². The first-order chi connectivity index (χ1) is 6.06. The van der Waals surface area contributed by atoms with Crippen molar-refractivity contribution in [1.82, 2.24) is 4.98 Å². The van der Waals surface area contributed by atoms with Crippen LogP contribution in [0.5, 0.6) is 0 Å². The Kier molecular flexibility index (Phi) is 3.08. The van der Waals surface area contributed by atoms with E-state index in [0.29, 0.717) is 0 Å². The van der Waals surface area contributed by atoms with Gasteiger partial charge in [-0.15, -0.1) is 0 Å². The fourth-order valence-electron chi connectivity index (χ4n) is 0.733. The minimum atomic E-state index is -2.79. The number of rotatable bonds is 1. The highest BCUT2D eigenvalue weighted by atomic mass is 127. The molecule has 0 aliphatic rings. The molecule has 0 saturated carbocycles. The van der Waals surface area contributed by atoms with Crippen molar-refractivity contribution < 1.29 is 13.2 Å². The van der Waals surface area contributed by atoms with Crippen LogP contribution >= 0.6 is 22.6 Å². The van der Waals surface area contributed by atoms with Gasteiger partial charge in [-0.3, -0.25) is 0 Å². The normalized spacial score (nSPS) is 10.2. The third-order valence-corrected chi connectivity index (χ3v) is 2.36. The highest BCUT2D eigenvalue weighted by molar-refractivity contribution is 14.1. The molecule has 0 unspecified atom stereocenters. The van der Waals surface area contributed by atoms with E-state index in [1.807, 2.05) is 0 Å². The maximum absolute atomic E-state index is 12.8. The predicted octanol–water partition coefficient (Wildman–Crippen LogP) is 2.63. The van der Waals surface area contributed by atoms with Crippen molar-refractivity contribution in [3.8, 4) is 6.07 Å². The Bertz CT molecular complexity index is 373. The average molecular weight is 298 g/mol. The maximum atomic E-state index is 12.8. The van der Waals surface area contributed by atoms with Gasteiger partial charge in [0.25, 0.3) is 6.43 Å². The summed E-state index contributed by atoms with van der Waals surface area (Å²) in [6.45, 7) is 0. The molecule has 68 valence electrons. The van der Waals surface area contributed by atoms with E-state index in [4.69, 9.17) is 5.26 Å². The van der Waals surface area contributed by atoms with Gasteiger partial charge in [-0.1, -0.05) is 0 Å². The van der Waals surface area contributed by atoms with Crippen LogP contribution in [0.3, 0.4) is 0 Å². The topological polar surface area (TPSA) is 36.7 Å². The fraction of sp³-hybridized carbons (Fsp3) is 0.143. The van der Waals surface area contributed by atoms with Crippen molar-refractivity contribution in [2.45, 2.75) is 6.43 Å². The quantitative estimate of drug-likeness (QED) is 0.590. The molecule has 0 aliphatic heterocycles. The van der Waals surface area contributed by atoms with Crippen LogP contribution in [0.1, 0.15) is 17.7 Å². The van der Waals surface area contributed by atoms with Gasteiger partial charge in [0, 0.05) is 5.56 Å². The van der Waals surface area contributed by atoms with Crippen LogP contribution in [0.2, 0.25) is 0 Å². The van der Waals surface area contributed by atoms with Crippen LogP contribution in [0, 0.1) is 20.8 Å². The van der Waals surface area contributed by atoms with E-state index in [0.717, 1.165) is 6.07 Å². The van der Waals surface area contributed by atoms with Crippen LogP contribution in [0.25, 0.3) is 0 Å². The molecule has 6 heteroatoms. The first kappa shape index (κ1) is 10.2. The molecule has 2 nitrogen and oxygen atoms in total. The highest BCUT2D eigenvalue weighted by Crippen LogP contribution is 2.25. The second-order valence-electron chi connectivity index (χ2n) is 2.11. The Morgan fingerprint density at radius 3 is 2.62 bits per heavy atom. The molecule has 0 atom stereocenters. The van der Waals surface area contributed by atoms with Crippen LogP contribution in [0.4, 0.5) is 13.2 Å². The summed E-state index contributed by atoms with van der Waals surface area (Å²) in [5.41, 5.74) is -0.835. The Morgan fingerprint density at radius 2 is 2.15 bits per heavy atom. The van der Waals surface area contributed by atoms with Gasteiger partial charge in [0.15, 0.2) is 0 Å². The molecule has 0 aromatic carbocycles. The lowest BCUT2D eigenvalue weighted by Gasteiger charge is -2.03. The molecule has 0 spiro atoms. The van der Waals surface area contributed by atoms with E-state index < -0.39 is 17.9 Å². The number of halogens is 4. The van der Waals surface area contributed by atoms with Crippen molar-refractivity contribution in [3.05, 3.63) is 26.8 Å². The number of aromatic nitrogens is 1. The van der Waals surface area contributed by atoms with Gasteiger partial charge in [0.2, 0.25) is 5.95 Å². The molecular formula is C7H2F3IN2. The standard InChI is InChI=1S/C7H2F3IN2/c8-6(9)4-1-3(2-12)13-7(10)5(4)11/h1,6H. The van der Waals surface area contributed by atoms with Crippen LogP contribution in [-0.4, -0.2) is 4.98 Å². The molecule has 0 bridgehead atoms. The van der Waals surface area contributed by atoms with Crippen molar-refractivity contribution in [3.63, 3.8) is 0 Å². The van der Waals surface area contributed by atoms with Gasteiger partial charge in [-0.25, -0.2) is 13.8 Å². The molecule has 0 saturated heterocycles. The zero-order valence-electron chi connectivity index (χ0n) is 6.06. The lowest BCUT2D eigenvalue weighted by atomic mass is 10.2. The summed E-state index contributed by atoms with van der Waals surface area (Å²) < 4.78 is 37.0. The van der Waals surface area contributed by atoms with Crippen LogP contribution < -0.4 is 0 Å². The van der Waals surface area contributed by atoms with E-state index in [1.165, 1.54) is 28.7 Å². The molecule has 13 heavy (non-hydrogen) atoms. The molecular weight excluding hydrogens is 296 g/mol. The fourth-order valence-corrected chi connectivity index (χ4v) is 1.24. The zero-order chi connectivity index (χ0) is 10.0. The van der Waals surface area contributed by atoms with Crippen LogP contribution in [-0.2, 0) is 0 Å². The summed E-state index contributed by atoms with van der Waals surface area (Å²) in [6.07, 6.45) is -2.79. The summed E-state index contributed by atoms with van der Waals surface area (Å²) in [4.78, 5) is 3.17. The number of nitriles is 1. The Hall–Kier alpha value is -0.840. The van der Waals surface area contributed by atoms with E-state index in [-0.39, 0.29) is 9.26 Å². The van der Waals surface area contributed by atoms with Crippen LogP contribution in [0.15, 0.2) is 6.07 Å². The van der Waals surface area contributed by atoms with Gasteiger partial charge in [-0.2, -0.15) is 9.65 Å². The summed E-state index contributed by atoms with van der Waals surface area (Å²) >= 11 is 1.43. The Labute approximate surface area is 85.5 Å². The molecule has 0 N–H and O–H groups in total. The SMILES string of the molecule is N#Cc1cc(C(F)F)c(I)c(F)n1. The van der Waals surface area contributed by atoms with Crippen molar-refractivity contribution in [1.29, 1.82) is 5.26 Å². The summed E-state index contributed by atoms with van der Waals surface area (Å²) in [5.74, 6) is -1.03. The number of nitrogens with zero attached hydrogens (tertiary/aromatic N) is 2. The summed E-state index contributed by atoms with van der Waals surface area (Å²) in [7, 11) is 0. The van der Waals surface area contributed by atoms with E-state index in [9.17, 15) is 13.2 Å². The lowest BCUT2D eigenvalue weighted by molar-refractivity contribution is 0.149. The number of alkyl halides is 2. The first-order valence-corrected chi connectivity index (χ1v) is 4.18. The van der Waals surface area contributed by atoms with E-state index in [2.05, 4.69) is 4.98 Å². The number of hydrogen-bond acceptors (Lipinski definition) is 2. The monoisotopic (exact) mass is 298 g/mol. The second kappa shape index (κ2) is 3.91. The lowest BCUT2D eigenvalue weighted by Crippen LogP contribution is -1.99. The largest absolute Gasteiger partial charge is 0.265 e. The zero-order valence-corrected chi connectivity index (χ0v) is 8.22. The number of pyridine rings is 1. The van der Waals surface area contributed by atoms with Gasteiger partial charge < -0.3 is 0 Å². The highest BCUT2D eigenvalue weighted by Gasteiger charge is 2.17. The molecule has 0 fully saturated rings. The summed E-state index contributed by atoms with van der Waals surface area (Å²) in [5, 5.41) is 8.33. The molecule has 0 radical (unpaired) electrons. The molecule has 1 rings (SSSR count). The number of hydrogen-bond donors (Lipinski definition) is 0. The molecule has 1 aromatic rings. The average Bonchev–Trinajstić information content (AvgIpc) is 2.09. The van der Waals surface area contributed by atoms with Crippen molar-refractivity contribution in [2.24, 2.45) is 0 Å². The Balaban J connectivity index is 3.35. The third kappa shape index (κ3) is 2.09. The van der Waals surface area contributed by atoms with Gasteiger partial charge in [0.1, 0.15) is 11.8 Å². The molecule has 1 heterocycles. The first-order valence-electron chi connectivity index (χ1n) is 3.10. The maximum Gasteiger partial charge on any atom is 0.265 e. The third-order valence-electron chi connectivity index (χ3n) is 1.30. The van der Waals surface area contributed by atoms with E-state index >= 15 is 0 Å². The smallest absolute Gasteiger partial charge is 0.208 e. The predicted molar refractivity (Wildman–Crippen MR) is 46.6 cm³/mol. The van der Waals surface area contributed by atoms with Crippen molar-refractivity contribution >= 4 is 22.6 Å². The Morgan fingerprint density at radius 1 is 1.54 bits per heavy atom. The molecule has 0 aliphatic carbocycles. The molecule has 1 aromatic heterocycles. The second-order valence-corrected chi connectivity index (χ2v) is 3.19. The minimum Gasteiger partial charge on any atom is -0.208 e. The molecule has 0 amide bonds. The van der Waals surface area contributed by atoms with Crippen molar-refractivity contribution in [2.75, 3.05) is 0 Å². The minimum absolute atomic E-state index is 0.244. The summed E-state index contributed by atoms with van der Waals surface area (Å²) in [6, 6.07) is 2.39. The van der Waals surface area contributed by atoms with E-state index in [1.54, 1.807) is 0 Å². The van der Waals surface area contributed by atoms with Gasteiger partial charge in [0.05, 0.1) is 3.57 Å². The van der Waals surface area contributed by atoms with Gasteiger partial charge in [-0.05, 0) is 28.7 Å².